The molecular weight excluding hydrogens is 519 g/mol. The maximum absolute atomic E-state index is 16.5. The molecule has 7 rings (SSSR count). The second-order valence-corrected chi connectivity index (χ2v) is 11.7. The zero-order valence-electron chi connectivity index (χ0n) is 21.8. The van der Waals surface area contributed by atoms with Gasteiger partial charge in [-0.3, -0.25) is 0 Å². The molecule has 1 saturated carbocycles. The van der Waals surface area contributed by atoms with Crippen LogP contribution in [0.4, 0.5) is 24.9 Å². The van der Waals surface area contributed by atoms with Gasteiger partial charge in [0.1, 0.15) is 17.1 Å². The van der Waals surface area contributed by atoms with Crippen LogP contribution in [0.5, 0.6) is 5.75 Å². The average molecular weight is 550 g/mol. The van der Waals surface area contributed by atoms with Crippen LogP contribution < -0.4 is 15.5 Å². The lowest BCUT2D eigenvalue weighted by Crippen LogP contribution is -2.52. The summed E-state index contributed by atoms with van der Waals surface area (Å²) in [6.07, 6.45) is 1.28. The van der Waals surface area contributed by atoms with Gasteiger partial charge in [0.15, 0.2) is 5.82 Å². The van der Waals surface area contributed by atoms with Crippen LogP contribution in [0.25, 0.3) is 32.8 Å². The molecule has 3 heterocycles. The largest absolute Gasteiger partial charge is 0.508 e. The van der Waals surface area contributed by atoms with E-state index in [0.717, 1.165) is 36.7 Å². The topological polar surface area (TPSA) is 93.5 Å². The summed E-state index contributed by atoms with van der Waals surface area (Å²) in [5, 5.41) is 29.0. The van der Waals surface area contributed by atoms with Gasteiger partial charge in [-0.25, -0.2) is 18.2 Å². The molecule has 10 heteroatoms. The summed E-state index contributed by atoms with van der Waals surface area (Å²) >= 11 is 0. The molecule has 2 aliphatic heterocycles. The standard InChI is InChI=1S/C30H30F3N5O2/c31-25-22(24-10-20(40)9-17-3-1-2-4-21(17)24)7-8-23-26(25)36-28(34-15-29(16-39)13-30(32,33)14-29)37-27(23)38-11-18-5-6-19(12-38)35-18/h1-4,7-10,18-19,35,39-40H,5-6,11-16H2,(H,34,36,37)/t18-,19+. The summed E-state index contributed by atoms with van der Waals surface area (Å²) in [4.78, 5) is 11.4. The minimum atomic E-state index is -2.80. The van der Waals surface area contributed by atoms with Crippen molar-refractivity contribution in [1.29, 1.82) is 0 Å². The molecule has 4 aromatic rings. The molecule has 3 aromatic carbocycles. The summed E-state index contributed by atoms with van der Waals surface area (Å²) < 4.78 is 43.8. The van der Waals surface area contributed by atoms with E-state index in [9.17, 15) is 19.0 Å². The van der Waals surface area contributed by atoms with Crippen LogP contribution in [0.3, 0.4) is 0 Å². The predicted molar refractivity (Wildman–Crippen MR) is 148 cm³/mol. The van der Waals surface area contributed by atoms with E-state index in [0.29, 0.717) is 34.4 Å². The van der Waals surface area contributed by atoms with Crippen molar-refractivity contribution in [3.05, 3.63) is 54.3 Å². The third kappa shape index (κ3) is 4.30. The number of aliphatic hydroxyl groups is 1. The van der Waals surface area contributed by atoms with Gasteiger partial charge in [0, 0.05) is 60.9 Å². The quantitative estimate of drug-likeness (QED) is 0.267. The van der Waals surface area contributed by atoms with Gasteiger partial charge in [0.2, 0.25) is 11.9 Å². The van der Waals surface area contributed by atoms with Crippen LogP contribution in [0, 0.1) is 11.2 Å². The van der Waals surface area contributed by atoms with Crippen molar-refractivity contribution in [3.8, 4) is 16.9 Å². The number of alkyl halides is 2. The lowest BCUT2D eigenvalue weighted by molar-refractivity contribution is -0.169. The van der Waals surface area contributed by atoms with E-state index in [1.54, 1.807) is 18.2 Å². The van der Waals surface area contributed by atoms with Gasteiger partial charge in [-0.15, -0.1) is 0 Å². The summed E-state index contributed by atoms with van der Waals surface area (Å²) in [6.45, 7) is 1.10. The van der Waals surface area contributed by atoms with Crippen molar-refractivity contribution in [2.75, 3.05) is 36.5 Å². The van der Waals surface area contributed by atoms with E-state index >= 15 is 4.39 Å². The monoisotopic (exact) mass is 549 g/mol. The first-order valence-corrected chi connectivity index (χ1v) is 13.7. The first kappa shape index (κ1) is 25.3. The first-order valence-electron chi connectivity index (χ1n) is 13.7. The number of nitrogens with one attached hydrogen (secondary N) is 2. The van der Waals surface area contributed by atoms with E-state index in [4.69, 9.17) is 4.98 Å². The van der Waals surface area contributed by atoms with Gasteiger partial charge in [-0.1, -0.05) is 30.3 Å². The molecule has 0 spiro atoms. The SMILES string of the molecule is OCC1(CNc2nc(N3C[C@H]4CC[C@@H](C3)N4)c3ccc(-c4cc(O)cc5ccccc45)c(F)c3n2)CC(F)(F)C1. The molecule has 2 saturated heterocycles. The number of fused-ring (bicyclic) bond motifs is 4. The molecule has 4 N–H and O–H groups in total. The van der Waals surface area contributed by atoms with E-state index < -0.39 is 30.0 Å². The summed E-state index contributed by atoms with van der Waals surface area (Å²) in [6, 6.07) is 14.8. The number of phenolic OH excluding ortho intramolecular Hbond substituents is 1. The smallest absolute Gasteiger partial charge is 0.249 e. The number of aliphatic hydroxyl groups excluding tert-OH is 1. The minimum absolute atomic E-state index is 0.0295. The van der Waals surface area contributed by atoms with Gasteiger partial charge in [-0.05, 0) is 47.4 Å². The van der Waals surface area contributed by atoms with E-state index in [-0.39, 0.29) is 30.4 Å². The fourth-order valence-corrected chi connectivity index (χ4v) is 6.77. The number of halogens is 3. The lowest BCUT2D eigenvalue weighted by Gasteiger charge is -2.46. The predicted octanol–water partition coefficient (Wildman–Crippen LogP) is 5.06. The Bertz CT molecular complexity index is 1610. The Morgan fingerprint density at radius 1 is 0.975 bits per heavy atom. The molecule has 40 heavy (non-hydrogen) atoms. The molecule has 2 atom stereocenters. The van der Waals surface area contributed by atoms with Crippen molar-refractivity contribution in [2.45, 2.75) is 43.7 Å². The van der Waals surface area contributed by atoms with Crippen LogP contribution in [0.1, 0.15) is 25.7 Å². The first-order chi connectivity index (χ1) is 19.2. The Hall–Kier alpha value is -3.63. The number of anilines is 2. The highest BCUT2D eigenvalue weighted by Crippen LogP contribution is 2.51. The zero-order valence-corrected chi connectivity index (χ0v) is 21.8. The fourth-order valence-electron chi connectivity index (χ4n) is 6.77. The van der Waals surface area contributed by atoms with Crippen LogP contribution in [-0.2, 0) is 0 Å². The van der Waals surface area contributed by atoms with Crippen molar-refractivity contribution in [2.24, 2.45) is 5.41 Å². The number of phenols is 1. The van der Waals surface area contributed by atoms with Crippen LogP contribution in [0.15, 0.2) is 48.5 Å². The Morgan fingerprint density at radius 2 is 1.73 bits per heavy atom. The molecule has 0 amide bonds. The van der Waals surface area contributed by atoms with Gasteiger partial charge < -0.3 is 25.7 Å². The molecule has 7 nitrogen and oxygen atoms in total. The van der Waals surface area contributed by atoms with E-state index in [1.807, 2.05) is 30.3 Å². The van der Waals surface area contributed by atoms with Gasteiger partial charge in [0.25, 0.3) is 0 Å². The third-order valence-electron chi connectivity index (χ3n) is 8.66. The van der Waals surface area contributed by atoms with E-state index in [2.05, 4.69) is 20.5 Å². The van der Waals surface area contributed by atoms with Crippen molar-refractivity contribution < 1.29 is 23.4 Å². The summed E-state index contributed by atoms with van der Waals surface area (Å²) in [5.74, 6) is -2.60. The number of benzene rings is 3. The minimum Gasteiger partial charge on any atom is -0.508 e. The lowest BCUT2D eigenvalue weighted by atomic mass is 9.66. The molecule has 3 aliphatic rings. The Kier molecular flexibility index (Phi) is 5.83. The van der Waals surface area contributed by atoms with Crippen LogP contribution in [0.2, 0.25) is 0 Å². The molecule has 0 radical (unpaired) electrons. The molecule has 2 bridgehead atoms. The normalized spacial score (nSPS) is 22.9. The fraction of sp³-hybridized carbons (Fsp3) is 0.400. The second-order valence-electron chi connectivity index (χ2n) is 11.7. The van der Waals surface area contributed by atoms with Crippen LogP contribution in [-0.4, -0.2) is 64.4 Å². The van der Waals surface area contributed by atoms with Crippen molar-refractivity contribution >= 4 is 33.4 Å². The number of nitrogens with zero attached hydrogens (tertiary/aromatic N) is 3. The maximum atomic E-state index is 16.5. The third-order valence-corrected chi connectivity index (χ3v) is 8.66. The van der Waals surface area contributed by atoms with Gasteiger partial charge in [0.05, 0.1) is 6.61 Å². The zero-order chi connectivity index (χ0) is 27.6. The Balaban J connectivity index is 1.34. The number of hydrogen-bond acceptors (Lipinski definition) is 7. The second kappa shape index (κ2) is 9.21. The molecule has 1 aromatic heterocycles. The number of rotatable bonds is 6. The molecule has 1 aliphatic carbocycles. The van der Waals surface area contributed by atoms with Crippen LogP contribution >= 0.6 is 0 Å². The molecule has 3 fully saturated rings. The summed E-state index contributed by atoms with van der Waals surface area (Å²) in [7, 11) is 0. The van der Waals surface area contributed by atoms with E-state index in [1.165, 1.54) is 0 Å². The van der Waals surface area contributed by atoms with Crippen molar-refractivity contribution in [1.82, 2.24) is 15.3 Å². The maximum Gasteiger partial charge on any atom is 0.249 e. The molecule has 0 unspecified atom stereocenters. The Morgan fingerprint density at radius 3 is 2.45 bits per heavy atom. The highest BCUT2D eigenvalue weighted by molar-refractivity contribution is 6.01. The number of hydrogen-bond donors (Lipinski definition) is 4. The molecule has 208 valence electrons. The number of aromatic nitrogens is 2. The highest BCUT2D eigenvalue weighted by atomic mass is 19.3. The highest BCUT2D eigenvalue weighted by Gasteiger charge is 2.56. The average Bonchev–Trinajstić information content (AvgIpc) is 3.27. The van der Waals surface area contributed by atoms with Gasteiger partial charge >= 0.3 is 0 Å². The molecular formula is C30H30F3N5O2. The number of aromatic hydroxyl groups is 1. The Labute approximate surface area is 229 Å². The number of piperazine rings is 1. The van der Waals surface area contributed by atoms with Crippen molar-refractivity contribution in [3.63, 3.8) is 0 Å². The van der Waals surface area contributed by atoms with Gasteiger partial charge in [-0.2, -0.15) is 4.98 Å². The summed E-state index contributed by atoms with van der Waals surface area (Å²) in [5.41, 5.74) is -0.0288.